The van der Waals surface area contributed by atoms with Gasteiger partial charge in [-0.15, -0.1) is 0 Å². The summed E-state index contributed by atoms with van der Waals surface area (Å²) in [7, 11) is 1.63. The van der Waals surface area contributed by atoms with Gasteiger partial charge in [-0.1, -0.05) is 23.4 Å². The first-order chi connectivity index (χ1) is 16.0. The Bertz CT molecular complexity index is 1180. The first-order valence-electron chi connectivity index (χ1n) is 11.0. The summed E-state index contributed by atoms with van der Waals surface area (Å²) in [6.45, 7) is 3.15. The van der Waals surface area contributed by atoms with Crippen molar-refractivity contribution in [3.05, 3.63) is 57.8 Å². The van der Waals surface area contributed by atoms with E-state index in [2.05, 4.69) is 15.2 Å². The number of nitrogens with one attached hydrogen (secondary N) is 1. The summed E-state index contributed by atoms with van der Waals surface area (Å²) < 4.78 is 6.73. The number of ether oxygens (including phenoxy) is 1. The third-order valence-corrected chi connectivity index (χ3v) is 6.78. The van der Waals surface area contributed by atoms with E-state index in [0.29, 0.717) is 40.7 Å². The number of fused-ring (bicyclic) bond motifs is 1. The van der Waals surface area contributed by atoms with E-state index in [4.69, 9.17) is 16.3 Å². The molecule has 1 aliphatic heterocycles. The lowest BCUT2D eigenvalue weighted by atomic mass is 10.2. The summed E-state index contributed by atoms with van der Waals surface area (Å²) in [5.74, 6) is -0.0192. The van der Waals surface area contributed by atoms with Gasteiger partial charge in [-0.25, -0.2) is 4.98 Å². The van der Waals surface area contributed by atoms with Gasteiger partial charge in [-0.2, -0.15) is 0 Å². The molecule has 3 aromatic rings. The van der Waals surface area contributed by atoms with Crippen LogP contribution in [-0.2, 0) is 16.1 Å². The number of hydrogen-bond acceptors (Lipinski definition) is 6. The molecular formula is C24H27ClN4O3S. The fourth-order valence-electron chi connectivity index (χ4n) is 3.91. The number of nitrogens with zero attached hydrogens (tertiary/aromatic N) is 3. The quantitative estimate of drug-likeness (QED) is 0.274. The van der Waals surface area contributed by atoms with Gasteiger partial charge in [0.05, 0.1) is 16.7 Å². The standard InChI is InChI=1S/C24H27ClN4O3S/c1-32-14-4-13-29-23(31)20-10-5-17(25)15-21(20)27-24(29)33-16-22(30)26-18-6-8-19(9-7-18)28-11-2-3-12-28/h5-10,15H,2-4,11-14,16H2,1H3,(H,26,30). The molecule has 0 atom stereocenters. The summed E-state index contributed by atoms with van der Waals surface area (Å²) in [6, 6.07) is 13.0. The number of hydrogen-bond donors (Lipinski definition) is 1. The highest BCUT2D eigenvalue weighted by Crippen LogP contribution is 2.23. The van der Waals surface area contributed by atoms with Crippen LogP contribution < -0.4 is 15.8 Å². The molecule has 0 radical (unpaired) electrons. The molecule has 174 valence electrons. The van der Waals surface area contributed by atoms with Crippen LogP contribution in [0.5, 0.6) is 0 Å². The van der Waals surface area contributed by atoms with E-state index in [0.717, 1.165) is 18.8 Å². The van der Waals surface area contributed by atoms with Crippen molar-refractivity contribution in [2.24, 2.45) is 0 Å². The van der Waals surface area contributed by atoms with Crippen molar-refractivity contribution in [1.82, 2.24) is 9.55 Å². The molecule has 0 bridgehead atoms. The van der Waals surface area contributed by atoms with E-state index in [1.54, 1.807) is 29.9 Å². The molecule has 33 heavy (non-hydrogen) atoms. The minimum atomic E-state index is -0.155. The van der Waals surface area contributed by atoms with Crippen molar-refractivity contribution >= 4 is 51.5 Å². The number of methoxy groups -OCH3 is 1. The average Bonchev–Trinajstić information content (AvgIpc) is 3.35. The molecule has 1 aliphatic rings. The molecule has 9 heteroatoms. The first kappa shape index (κ1) is 23.6. The Morgan fingerprint density at radius 2 is 1.94 bits per heavy atom. The van der Waals surface area contributed by atoms with Crippen LogP contribution in [0.25, 0.3) is 10.9 Å². The molecule has 1 N–H and O–H groups in total. The lowest BCUT2D eigenvalue weighted by Crippen LogP contribution is -2.25. The molecule has 2 heterocycles. The Kier molecular flexibility index (Phi) is 7.90. The summed E-state index contributed by atoms with van der Waals surface area (Å²) >= 11 is 7.34. The largest absolute Gasteiger partial charge is 0.385 e. The predicted octanol–water partition coefficient (Wildman–Crippen LogP) is 4.42. The molecule has 0 unspecified atom stereocenters. The Morgan fingerprint density at radius 1 is 1.18 bits per heavy atom. The fraction of sp³-hybridized carbons (Fsp3) is 0.375. The number of aromatic nitrogens is 2. The molecule has 1 fully saturated rings. The third-order valence-electron chi connectivity index (χ3n) is 5.57. The zero-order valence-electron chi connectivity index (χ0n) is 18.6. The maximum absolute atomic E-state index is 13.1. The number of benzene rings is 2. The first-order valence-corrected chi connectivity index (χ1v) is 12.4. The number of amides is 1. The second-order valence-corrected chi connectivity index (χ2v) is 9.32. The Morgan fingerprint density at radius 3 is 2.67 bits per heavy atom. The smallest absolute Gasteiger partial charge is 0.262 e. The number of halogens is 1. The van der Waals surface area contributed by atoms with Gasteiger partial charge in [0.15, 0.2) is 5.16 Å². The number of anilines is 2. The maximum Gasteiger partial charge on any atom is 0.262 e. The van der Waals surface area contributed by atoms with Crippen molar-refractivity contribution < 1.29 is 9.53 Å². The SMILES string of the molecule is COCCCn1c(SCC(=O)Nc2ccc(N3CCCC3)cc2)nc2cc(Cl)ccc2c1=O. The Labute approximate surface area is 202 Å². The summed E-state index contributed by atoms with van der Waals surface area (Å²) in [5, 5.41) is 4.43. The minimum absolute atomic E-state index is 0.136. The second kappa shape index (κ2) is 11.0. The number of rotatable bonds is 9. The van der Waals surface area contributed by atoms with E-state index in [-0.39, 0.29) is 17.2 Å². The van der Waals surface area contributed by atoms with Gasteiger partial charge < -0.3 is 15.0 Å². The summed E-state index contributed by atoms with van der Waals surface area (Å²) in [4.78, 5) is 32.6. The summed E-state index contributed by atoms with van der Waals surface area (Å²) in [5.41, 5.74) is 2.31. The van der Waals surface area contributed by atoms with Crippen molar-refractivity contribution in [1.29, 1.82) is 0 Å². The normalized spacial score (nSPS) is 13.6. The van der Waals surface area contributed by atoms with Crippen LogP contribution in [0.3, 0.4) is 0 Å². The van der Waals surface area contributed by atoms with Gasteiger partial charge >= 0.3 is 0 Å². The fourth-order valence-corrected chi connectivity index (χ4v) is 4.90. The van der Waals surface area contributed by atoms with Gasteiger partial charge in [0.2, 0.25) is 5.91 Å². The van der Waals surface area contributed by atoms with Crippen LogP contribution in [0.1, 0.15) is 19.3 Å². The van der Waals surface area contributed by atoms with Crippen LogP contribution in [0.4, 0.5) is 11.4 Å². The topological polar surface area (TPSA) is 76.5 Å². The van der Waals surface area contributed by atoms with Crippen molar-refractivity contribution in [3.63, 3.8) is 0 Å². The third kappa shape index (κ3) is 5.88. The van der Waals surface area contributed by atoms with Gasteiger partial charge in [-0.3, -0.25) is 14.2 Å². The summed E-state index contributed by atoms with van der Waals surface area (Å²) in [6.07, 6.45) is 3.11. The molecule has 0 spiro atoms. The number of carbonyl (C=O) groups excluding carboxylic acids is 1. The highest BCUT2D eigenvalue weighted by atomic mass is 35.5. The molecule has 0 saturated carbocycles. The monoisotopic (exact) mass is 486 g/mol. The molecule has 2 aromatic carbocycles. The van der Waals surface area contributed by atoms with E-state index in [9.17, 15) is 9.59 Å². The van der Waals surface area contributed by atoms with Crippen molar-refractivity contribution in [2.45, 2.75) is 31.0 Å². The van der Waals surface area contributed by atoms with Gasteiger partial charge in [0, 0.05) is 49.7 Å². The van der Waals surface area contributed by atoms with Crippen LogP contribution in [0.15, 0.2) is 52.4 Å². The van der Waals surface area contributed by atoms with Crippen LogP contribution >= 0.6 is 23.4 Å². The molecule has 0 aliphatic carbocycles. The van der Waals surface area contributed by atoms with E-state index < -0.39 is 0 Å². The van der Waals surface area contributed by atoms with Gasteiger partial charge in [0.25, 0.3) is 5.56 Å². The highest BCUT2D eigenvalue weighted by molar-refractivity contribution is 7.99. The Balaban J connectivity index is 1.46. The Hall–Kier alpha value is -2.55. The molecule has 7 nitrogen and oxygen atoms in total. The maximum atomic E-state index is 13.1. The predicted molar refractivity (Wildman–Crippen MR) is 135 cm³/mol. The zero-order chi connectivity index (χ0) is 23.2. The molecule has 1 saturated heterocycles. The number of carbonyl (C=O) groups is 1. The van der Waals surface area contributed by atoms with E-state index in [1.165, 1.54) is 30.3 Å². The second-order valence-electron chi connectivity index (χ2n) is 7.94. The van der Waals surface area contributed by atoms with Gasteiger partial charge in [-0.05, 0) is 61.7 Å². The molecule has 4 rings (SSSR count). The lowest BCUT2D eigenvalue weighted by Gasteiger charge is -2.17. The van der Waals surface area contributed by atoms with Crippen LogP contribution in [0, 0.1) is 0 Å². The van der Waals surface area contributed by atoms with E-state index >= 15 is 0 Å². The lowest BCUT2D eigenvalue weighted by molar-refractivity contribution is -0.113. The zero-order valence-corrected chi connectivity index (χ0v) is 20.1. The average molecular weight is 487 g/mol. The van der Waals surface area contributed by atoms with Crippen molar-refractivity contribution in [2.75, 3.05) is 42.8 Å². The van der Waals surface area contributed by atoms with Crippen LogP contribution in [-0.4, -0.2) is 48.0 Å². The van der Waals surface area contributed by atoms with E-state index in [1.807, 2.05) is 24.3 Å². The molecular weight excluding hydrogens is 460 g/mol. The van der Waals surface area contributed by atoms with Crippen LogP contribution in [0.2, 0.25) is 5.02 Å². The molecule has 1 aromatic heterocycles. The van der Waals surface area contributed by atoms with Gasteiger partial charge in [0.1, 0.15) is 0 Å². The molecule has 1 amide bonds. The van der Waals surface area contributed by atoms with Crippen molar-refractivity contribution in [3.8, 4) is 0 Å². The number of thioether (sulfide) groups is 1. The minimum Gasteiger partial charge on any atom is -0.385 e. The highest BCUT2D eigenvalue weighted by Gasteiger charge is 2.15.